The van der Waals surface area contributed by atoms with Crippen LogP contribution in [0.5, 0.6) is 5.75 Å². The first kappa shape index (κ1) is 16.8. The van der Waals surface area contributed by atoms with Crippen LogP contribution in [0.1, 0.15) is 50.1 Å². The number of nitrogens with zero attached hydrogens (tertiary/aromatic N) is 1. The number of carbonyl (C=O) groups is 2. The van der Waals surface area contributed by atoms with Crippen LogP contribution in [-0.4, -0.2) is 35.5 Å². The number of carbonyl (C=O) groups excluding carboxylic acids is 1. The molecule has 1 N–H and O–H groups in total. The summed E-state index contributed by atoms with van der Waals surface area (Å²) in [6, 6.07) is 8.06. The van der Waals surface area contributed by atoms with E-state index in [1.807, 2.05) is 23.1 Å². The van der Waals surface area contributed by atoms with Gasteiger partial charge in [0.15, 0.2) is 0 Å². The molecular weight excluding hydrogens is 306 g/mol. The van der Waals surface area contributed by atoms with E-state index in [4.69, 9.17) is 9.84 Å². The molecule has 1 amide bonds. The quantitative estimate of drug-likeness (QED) is 0.920. The molecule has 1 atom stereocenters. The summed E-state index contributed by atoms with van der Waals surface area (Å²) in [7, 11) is 1.65. The lowest BCUT2D eigenvalue weighted by Crippen LogP contribution is -2.38. The third kappa shape index (κ3) is 3.40. The van der Waals surface area contributed by atoms with E-state index in [1.165, 1.54) is 0 Å². The molecule has 5 nitrogen and oxygen atoms in total. The summed E-state index contributed by atoms with van der Waals surface area (Å²) < 4.78 is 5.30. The van der Waals surface area contributed by atoms with Gasteiger partial charge in [-0.1, -0.05) is 12.1 Å². The normalized spacial score (nSPS) is 27.0. The van der Waals surface area contributed by atoms with Gasteiger partial charge in [0.1, 0.15) is 5.75 Å². The van der Waals surface area contributed by atoms with E-state index in [0.29, 0.717) is 25.7 Å². The smallest absolute Gasteiger partial charge is 0.306 e. The van der Waals surface area contributed by atoms with Crippen molar-refractivity contribution in [2.24, 2.45) is 11.8 Å². The van der Waals surface area contributed by atoms with E-state index in [0.717, 1.165) is 30.7 Å². The predicted octanol–water partition coefficient (Wildman–Crippen LogP) is 3.25. The molecule has 3 rings (SSSR count). The minimum absolute atomic E-state index is 0.0215. The van der Waals surface area contributed by atoms with Gasteiger partial charge in [0.2, 0.25) is 5.91 Å². The zero-order valence-corrected chi connectivity index (χ0v) is 14.1. The van der Waals surface area contributed by atoms with E-state index in [9.17, 15) is 9.59 Å². The first-order chi connectivity index (χ1) is 11.6. The Hall–Kier alpha value is -2.04. The predicted molar refractivity (Wildman–Crippen MR) is 89.8 cm³/mol. The number of benzene rings is 1. The molecule has 0 aromatic heterocycles. The summed E-state index contributed by atoms with van der Waals surface area (Å²) in [5, 5.41) is 9.11. The molecule has 2 fully saturated rings. The maximum absolute atomic E-state index is 13.0. The highest BCUT2D eigenvalue weighted by atomic mass is 16.5. The van der Waals surface area contributed by atoms with E-state index in [2.05, 4.69) is 6.07 Å². The zero-order valence-electron chi connectivity index (χ0n) is 14.1. The van der Waals surface area contributed by atoms with Crippen molar-refractivity contribution in [3.05, 3.63) is 29.8 Å². The number of aliphatic carboxylic acids is 1. The van der Waals surface area contributed by atoms with Crippen LogP contribution < -0.4 is 4.74 Å². The molecule has 0 radical (unpaired) electrons. The van der Waals surface area contributed by atoms with Crippen LogP contribution in [0.3, 0.4) is 0 Å². The summed E-state index contributed by atoms with van der Waals surface area (Å²) in [6.07, 6.45) is 4.60. The summed E-state index contributed by atoms with van der Waals surface area (Å²) in [5.74, 6) is -0.0112. The van der Waals surface area contributed by atoms with Gasteiger partial charge < -0.3 is 14.7 Å². The fourth-order valence-electron chi connectivity index (χ4n) is 4.05. The Balaban J connectivity index is 1.69. The largest absolute Gasteiger partial charge is 0.497 e. The average molecular weight is 331 g/mol. The Morgan fingerprint density at radius 3 is 2.50 bits per heavy atom. The number of ether oxygens (including phenoxy) is 1. The highest BCUT2D eigenvalue weighted by Gasteiger charge is 2.36. The number of methoxy groups -OCH3 is 1. The lowest BCUT2D eigenvalue weighted by molar-refractivity contribution is -0.146. The molecule has 1 aromatic carbocycles. The maximum atomic E-state index is 13.0. The number of hydrogen-bond acceptors (Lipinski definition) is 3. The number of hydrogen-bond donors (Lipinski definition) is 1. The molecule has 5 heteroatoms. The molecule has 24 heavy (non-hydrogen) atoms. The van der Waals surface area contributed by atoms with E-state index in [-0.39, 0.29) is 23.8 Å². The second-order valence-corrected chi connectivity index (χ2v) is 6.85. The Kier molecular flexibility index (Phi) is 5.07. The topological polar surface area (TPSA) is 66.8 Å². The maximum Gasteiger partial charge on any atom is 0.306 e. The van der Waals surface area contributed by atoms with Crippen molar-refractivity contribution in [3.8, 4) is 5.75 Å². The fraction of sp³-hybridized carbons (Fsp3) is 0.579. The molecule has 1 aromatic rings. The van der Waals surface area contributed by atoms with E-state index in [1.54, 1.807) is 7.11 Å². The number of carboxylic acids is 1. The summed E-state index contributed by atoms with van der Waals surface area (Å²) in [5.41, 5.74) is 1.12. The molecule has 130 valence electrons. The van der Waals surface area contributed by atoms with Gasteiger partial charge in [-0.15, -0.1) is 0 Å². The van der Waals surface area contributed by atoms with Crippen molar-refractivity contribution in [1.82, 2.24) is 4.90 Å². The first-order valence-electron chi connectivity index (χ1n) is 8.77. The highest BCUT2D eigenvalue weighted by molar-refractivity contribution is 5.80. The SMILES string of the molecule is COc1cccc(C2CCCN2C(=O)C2CCC(C(=O)O)CC2)c1. The molecule has 0 bridgehead atoms. The highest BCUT2D eigenvalue weighted by Crippen LogP contribution is 2.37. The molecule has 2 aliphatic rings. The molecule has 0 spiro atoms. The van der Waals surface area contributed by atoms with Gasteiger partial charge in [0.05, 0.1) is 19.1 Å². The minimum Gasteiger partial charge on any atom is -0.497 e. The van der Waals surface area contributed by atoms with Crippen molar-refractivity contribution < 1.29 is 19.4 Å². The average Bonchev–Trinajstić information content (AvgIpc) is 3.11. The van der Waals surface area contributed by atoms with Gasteiger partial charge in [-0.2, -0.15) is 0 Å². The summed E-state index contributed by atoms with van der Waals surface area (Å²) in [6.45, 7) is 0.791. The second-order valence-electron chi connectivity index (χ2n) is 6.85. The number of carboxylic acid groups (broad SMARTS) is 1. The lowest BCUT2D eigenvalue weighted by atomic mass is 9.81. The van der Waals surface area contributed by atoms with Gasteiger partial charge >= 0.3 is 5.97 Å². The number of rotatable bonds is 4. The van der Waals surface area contributed by atoms with Crippen molar-refractivity contribution in [2.45, 2.75) is 44.6 Å². The summed E-state index contributed by atoms with van der Waals surface area (Å²) >= 11 is 0. The van der Waals surface area contributed by atoms with Crippen LogP contribution in [-0.2, 0) is 9.59 Å². The van der Waals surface area contributed by atoms with Crippen molar-refractivity contribution >= 4 is 11.9 Å². The Bertz CT molecular complexity index is 607. The van der Waals surface area contributed by atoms with Gasteiger partial charge in [0, 0.05) is 12.5 Å². The van der Waals surface area contributed by atoms with Gasteiger partial charge in [-0.05, 0) is 56.2 Å². The molecule has 1 aliphatic carbocycles. The second kappa shape index (κ2) is 7.24. The van der Waals surface area contributed by atoms with Crippen LogP contribution in [0.2, 0.25) is 0 Å². The van der Waals surface area contributed by atoms with Crippen LogP contribution in [0.15, 0.2) is 24.3 Å². The third-order valence-corrected chi connectivity index (χ3v) is 5.44. The Labute approximate surface area is 142 Å². The van der Waals surface area contributed by atoms with Gasteiger partial charge in [0.25, 0.3) is 0 Å². The number of likely N-dealkylation sites (tertiary alicyclic amines) is 1. The van der Waals surface area contributed by atoms with Crippen LogP contribution in [0.25, 0.3) is 0 Å². The van der Waals surface area contributed by atoms with Crippen LogP contribution in [0, 0.1) is 11.8 Å². The van der Waals surface area contributed by atoms with Crippen molar-refractivity contribution in [1.29, 1.82) is 0 Å². The van der Waals surface area contributed by atoms with E-state index >= 15 is 0 Å². The van der Waals surface area contributed by atoms with Crippen LogP contribution in [0.4, 0.5) is 0 Å². The standard InChI is InChI=1S/C19H25NO4/c1-24-16-5-2-4-15(12-16)17-6-3-11-20(17)18(21)13-7-9-14(10-8-13)19(22)23/h2,4-5,12-14,17H,3,6-11H2,1H3,(H,22,23). The molecular formula is C19H25NO4. The molecule has 1 saturated heterocycles. The summed E-state index contributed by atoms with van der Waals surface area (Å²) in [4.78, 5) is 26.0. The minimum atomic E-state index is -0.726. The lowest BCUT2D eigenvalue weighted by Gasteiger charge is -2.32. The van der Waals surface area contributed by atoms with Crippen molar-refractivity contribution in [3.63, 3.8) is 0 Å². The van der Waals surface area contributed by atoms with Gasteiger partial charge in [-0.3, -0.25) is 9.59 Å². The van der Waals surface area contributed by atoms with Crippen LogP contribution >= 0.6 is 0 Å². The monoisotopic (exact) mass is 331 g/mol. The van der Waals surface area contributed by atoms with Crippen molar-refractivity contribution in [2.75, 3.05) is 13.7 Å². The first-order valence-corrected chi connectivity index (χ1v) is 8.77. The fourth-order valence-corrected chi connectivity index (χ4v) is 4.05. The van der Waals surface area contributed by atoms with Gasteiger partial charge in [-0.25, -0.2) is 0 Å². The molecule has 1 heterocycles. The molecule has 1 aliphatic heterocycles. The third-order valence-electron chi connectivity index (χ3n) is 5.44. The van der Waals surface area contributed by atoms with E-state index < -0.39 is 5.97 Å². The zero-order chi connectivity index (χ0) is 17.1. The number of amides is 1. The molecule has 1 unspecified atom stereocenters. The Morgan fingerprint density at radius 2 is 1.83 bits per heavy atom. The Morgan fingerprint density at radius 1 is 1.12 bits per heavy atom. The molecule has 1 saturated carbocycles.